The summed E-state index contributed by atoms with van der Waals surface area (Å²) in [4.78, 5) is 15.6. The Balaban J connectivity index is 2.33. The van der Waals surface area contributed by atoms with Crippen LogP contribution in [0.2, 0.25) is 0 Å². The maximum atomic E-state index is 11.5. The Morgan fingerprint density at radius 3 is 2.78 bits per heavy atom. The van der Waals surface area contributed by atoms with Gasteiger partial charge in [0.2, 0.25) is 5.91 Å². The van der Waals surface area contributed by atoms with E-state index in [2.05, 4.69) is 15.6 Å². The highest BCUT2D eigenvalue weighted by molar-refractivity contribution is 5.76. The lowest BCUT2D eigenvalue weighted by Gasteiger charge is -2.12. The summed E-state index contributed by atoms with van der Waals surface area (Å²) in [6.45, 7) is 4.52. The molecule has 0 bridgehead atoms. The molecule has 6 N–H and O–H groups in total. The molecule has 0 radical (unpaired) electrons. The van der Waals surface area contributed by atoms with Gasteiger partial charge in [-0.2, -0.15) is 0 Å². The standard InChI is InChI=1S/C12H21N5O/c1-3-8(2)16-11(18)6-7-15-10-5-4-9(13)12(14)17-10/h4-5,8H,3,6-7,13H2,1-2H3,(H,16,18)(H3,14,15,17). The van der Waals surface area contributed by atoms with Crippen molar-refractivity contribution < 1.29 is 4.79 Å². The normalized spacial score (nSPS) is 11.9. The van der Waals surface area contributed by atoms with E-state index in [0.717, 1.165) is 6.42 Å². The lowest BCUT2D eigenvalue weighted by Crippen LogP contribution is -2.33. The smallest absolute Gasteiger partial charge is 0.221 e. The number of nitrogens with two attached hydrogens (primary N) is 2. The molecule has 1 atom stereocenters. The van der Waals surface area contributed by atoms with E-state index in [9.17, 15) is 4.79 Å². The summed E-state index contributed by atoms with van der Waals surface area (Å²) in [5.41, 5.74) is 11.6. The molecule has 1 amide bonds. The van der Waals surface area contributed by atoms with Crippen LogP contribution in [0.1, 0.15) is 26.7 Å². The van der Waals surface area contributed by atoms with Crippen molar-refractivity contribution in [1.82, 2.24) is 10.3 Å². The van der Waals surface area contributed by atoms with Gasteiger partial charge < -0.3 is 22.1 Å². The first kappa shape index (κ1) is 14.1. The maximum Gasteiger partial charge on any atom is 0.221 e. The number of nitrogens with zero attached hydrogens (tertiary/aromatic N) is 1. The molecule has 18 heavy (non-hydrogen) atoms. The van der Waals surface area contributed by atoms with Crippen LogP contribution in [0.5, 0.6) is 0 Å². The highest BCUT2D eigenvalue weighted by Gasteiger charge is 2.05. The fraction of sp³-hybridized carbons (Fsp3) is 0.500. The number of hydrogen-bond donors (Lipinski definition) is 4. The molecule has 1 heterocycles. The van der Waals surface area contributed by atoms with E-state index in [1.54, 1.807) is 12.1 Å². The number of nitrogens with one attached hydrogen (secondary N) is 2. The molecule has 100 valence electrons. The van der Waals surface area contributed by atoms with Crippen LogP contribution >= 0.6 is 0 Å². The molecule has 0 spiro atoms. The van der Waals surface area contributed by atoms with Gasteiger partial charge in [-0.05, 0) is 25.5 Å². The van der Waals surface area contributed by atoms with E-state index in [1.807, 2.05) is 13.8 Å². The molecule has 0 aliphatic carbocycles. The first-order chi connectivity index (χ1) is 8.52. The predicted octanol–water partition coefficient (Wildman–Crippen LogP) is 0.963. The second-order valence-corrected chi connectivity index (χ2v) is 4.22. The third kappa shape index (κ3) is 4.48. The molecular weight excluding hydrogens is 230 g/mol. The topological polar surface area (TPSA) is 106 Å². The van der Waals surface area contributed by atoms with Crippen LogP contribution in [0.3, 0.4) is 0 Å². The Hall–Kier alpha value is -1.98. The predicted molar refractivity (Wildman–Crippen MR) is 74.1 cm³/mol. The van der Waals surface area contributed by atoms with E-state index in [1.165, 1.54) is 0 Å². The monoisotopic (exact) mass is 251 g/mol. The molecule has 0 saturated carbocycles. The second kappa shape index (κ2) is 6.68. The molecule has 0 aromatic carbocycles. The molecular formula is C12H21N5O. The highest BCUT2D eigenvalue weighted by Crippen LogP contribution is 2.14. The van der Waals surface area contributed by atoms with Gasteiger partial charge >= 0.3 is 0 Å². The van der Waals surface area contributed by atoms with E-state index in [0.29, 0.717) is 30.3 Å². The number of pyridine rings is 1. The van der Waals surface area contributed by atoms with Crippen molar-refractivity contribution in [2.75, 3.05) is 23.3 Å². The van der Waals surface area contributed by atoms with Crippen LogP contribution in [0, 0.1) is 0 Å². The number of carbonyl (C=O) groups is 1. The molecule has 0 fully saturated rings. The van der Waals surface area contributed by atoms with E-state index >= 15 is 0 Å². The quantitative estimate of drug-likeness (QED) is 0.602. The number of hydrogen-bond acceptors (Lipinski definition) is 5. The van der Waals surface area contributed by atoms with Crippen LogP contribution in [0.25, 0.3) is 0 Å². The van der Waals surface area contributed by atoms with Gasteiger partial charge in [0.25, 0.3) is 0 Å². The summed E-state index contributed by atoms with van der Waals surface area (Å²) in [6, 6.07) is 3.63. The number of aromatic nitrogens is 1. The number of anilines is 3. The SMILES string of the molecule is CCC(C)NC(=O)CCNc1ccc(N)c(N)n1. The van der Waals surface area contributed by atoms with Crippen LogP contribution in [0.15, 0.2) is 12.1 Å². The van der Waals surface area contributed by atoms with Gasteiger partial charge in [0.1, 0.15) is 11.6 Å². The van der Waals surface area contributed by atoms with Crippen molar-refractivity contribution in [1.29, 1.82) is 0 Å². The fourth-order valence-corrected chi connectivity index (χ4v) is 1.34. The first-order valence-electron chi connectivity index (χ1n) is 6.08. The van der Waals surface area contributed by atoms with Crippen molar-refractivity contribution >= 4 is 23.2 Å². The summed E-state index contributed by atoms with van der Waals surface area (Å²) in [6.07, 6.45) is 1.32. The van der Waals surface area contributed by atoms with Crippen molar-refractivity contribution in [2.45, 2.75) is 32.7 Å². The third-order valence-corrected chi connectivity index (χ3v) is 2.64. The lowest BCUT2D eigenvalue weighted by molar-refractivity contribution is -0.121. The van der Waals surface area contributed by atoms with Crippen LogP contribution in [-0.4, -0.2) is 23.5 Å². The van der Waals surface area contributed by atoms with Crippen molar-refractivity contribution in [3.63, 3.8) is 0 Å². The van der Waals surface area contributed by atoms with E-state index in [4.69, 9.17) is 11.5 Å². The number of rotatable bonds is 6. The molecule has 1 aromatic heterocycles. The summed E-state index contributed by atoms with van der Waals surface area (Å²) in [7, 11) is 0. The third-order valence-electron chi connectivity index (χ3n) is 2.64. The minimum Gasteiger partial charge on any atom is -0.396 e. The molecule has 6 nitrogen and oxygen atoms in total. The number of nitrogen functional groups attached to an aromatic ring is 2. The summed E-state index contributed by atoms with van der Waals surface area (Å²) in [5, 5.41) is 5.92. The van der Waals surface area contributed by atoms with Gasteiger partial charge in [0, 0.05) is 19.0 Å². The van der Waals surface area contributed by atoms with Gasteiger partial charge in [-0.15, -0.1) is 0 Å². The Morgan fingerprint density at radius 1 is 1.44 bits per heavy atom. The molecule has 0 aliphatic heterocycles. The molecule has 6 heteroatoms. The second-order valence-electron chi connectivity index (χ2n) is 4.22. The Kier molecular flexibility index (Phi) is 5.23. The largest absolute Gasteiger partial charge is 0.396 e. The van der Waals surface area contributed by atoms with Crippen molar-refractivity contribution in [3.8, 4) is 0 Å². The Labute approximate surface area is 107 Å². The molecule has 0 aliphatic rings. The first-order valence-corrected chi connectivity index (χ1v) is 6.08. The van der Waals surface area contributed by atoms with Gasteiger partial charge in [0.05, 0.1) is 5.69 Å². The zero-order valence-corrected chi connectivity index (χ0v) is 10.9. The Bertz CT molecular complexity index is 407. The fourth-order valence-electron chi connectivity index (χ4n) is 1.34. The van der Waals surface area contributed by atoms with Gasteiger partial charge in [-0.25, -0.2) is 4.98 Å². The van der Waals surface area contributed by atoms with E-state index < -0.39 is 0 Å². The molecule has 1 unspecified atom stereocenters. The maximum absolute atomic E-state index is 11.5. The zero-order valence-electron chi connectivity index (χ0n) is 10.9. The van der Waals surface area contributed by atoms with Crippen LogP contribution < -0.4 is 22.1 Å². The molecule has 0 saturated heterocycles. The van der Waals surface area contributed by atoms with Gasteiger partial charge in [-0.3, -0.25) is 4.79 Å². The Morgan fingerprint density at radius 2 is 2.17 bits per heavy atom. The summed E-state index contributed by atoms with van der Waals surface area (Å²) >= 11 is 0. The van der Waals surface area contributed by atoms with Gasteiger partial charge in [0.15, 0.2) is 0 Å². The number of carbonyl (C=O) groups excluding carboxylic acids is 1. The highest BCUT2D eigenvalue weighted by atomic mass is 16.1. The van der Waals surface area contributed by atoms with Crippen molar-refractivity contribution in [3.05, 3.63) is 12.1 Å². The number of amides is 1. The average Bonchev–Trinajstić information content (AvgIpc) is 2.33. The van der Waals surface area contributed by atoms with Crippen molar-refractivity contribution in [2.24, 2.45) is 0 Å². The van der Waals surface area contributed by atoms with Crippen LogP contribution in [0.4, 0.5) is 17.3 Å². The molecule has 1 aromatic rings. The van der Waals surface area contributed by atoms with Gasteiger partial charge in [-0.1, -0.05) is 6.92 Å². The minimum absolute atomic E-state index is 0.0280. The summed E-state index contributed by atoms with van der Waals surface area (Å²) in [5.74, 6) is 0.947. The molecule has 1 rings (SSSR count). The lowest BCUT2D eigenvalue weighted by atomic mass is 10.2. The van der Waals surface area contributed by atoms with E-state index in [-0.39, 0.29) is 11.9 Å². The average molecular weight is 251 g/mol. The zero-order chi connectivity index (χ0) is 13.5. The van der Waals surface area contributed by atoms with Crippen LogP contribution in [-0.2, 0) is 4.79 Å². The minimum atomic E-state index is 0.0280. The summed E-state index contributed by atoms with van der Waals surface area (Å²) < 4.78 is 0.